The predicted octanol–water partition coefficient (Wildman–Crippen LogP) is 3.03. The number of carbonyl (C=O) groups excluding carboxylic acids is 2. The molecule has 0 heterocycles. The SMILES string of the molecule is Cc1ccc(OCC(=O)NNC(=O)COc2ccc(C(C)C)cc2)c(C)c1. The first-order valence-electron chi connectivity index (χ1n) is 8.85. The summed E-state index contributed by atoms with van der Waals surface area (Å²) in [6, 6.07) is 13.3. The molecule has 0 aliphatic carbocycles. The maximum atomic E-state index is 11.8. The fourth-order valence-electron chi connectivity index (χ4n) is 2.41. The van der Waals surface area contributed by atoms with Gasteiger partial charge in [0.15, 0.2) is 13.2 Å². The van der Waals surface area contributed by atoms with Crippen LogP contribution in [0.2, 0.25) is 0 Å². The molecule has 6 heteroatoms. The Hall–Kier alpha value is -3.02. The Labute approximate surface area is 159 Å². The average Bonchev–Trinajstić information content (AvgIpc) is 2.64. The van der Waals surface area contributed by atoms with E-state index in [2.05, 4.69) is 24.7 Å². The zero-order valence-electron chi connectivity index (χ0n) is 16.2. The Morgan fingerprint density at radius 1 is 0.889 bits per heavy atom. The van der Waals surface area contributed by atoms with Crippen molar-refractivity contribution < 1.29 is 19.1 Å². The molecule has 0 aliphatic rings. The number of benzene rings is 2. The lowest BCUT2D eigenvalue weighted by atomic mass is 10.0. The van der Waals surface area contributed by atoms with Crippen molar-refractivity contribution in [2.24, 2.45) is 0 Å². The van der Waals surface area contributed by atoms with Crippen molar-refractivity contribution in [1.29, 1.82) is 0 Å². The first-order valence-corrected chi connectivity index (χ1v) is 8.85. The molecule has 144 valence electrons. The summed E-state index contributed by atoms with van der Waals surface area (Å²) in [6.45, 7) is 7.72. The van der Waals surface area contributed by atoms with Gasteiger partial charge in [-0.1, -0.05) is 43.7 Å². The molecule has 0 atom stereocenters. The van der Waals surface area contributed by atoms with Gasteiger partial charge in [-0.25, -0.2) is 0 Å². The highest BCUT2D eigenvalue weighted by atomic mass is 16.5. The van der Waals surface area contributed by atoms with Gasteiger partial charge in [-0.3, -0.25) is 20.4 Å². The summed E-state index contributed by atoms with van der Waals surface area (Å²) < 4.78 is 10.8. The summed E-state index contributed by atoms with van der Waals surface area (Å²) in [7, 11) is 0. The van der Waals surface area contributed by atoms with Crippen molar-refractivity contribution in [3.05, 3.63) is 59.2 Å². The maximum absolute atomic E-state index is 11.8. The lowest BCUT2D eigenvalue weighted by molar-refractivity contribution is -0.131. The molecule has 2 aromatic rings. The quantitative estimate of drug-likeness (QED) is 0.735. The van der Waals surface area contributed by atoms with Crippen LogP contribution in [0.15, 0.2) is 42.5 Å². The van der Waals surface area contributed by atoms with Gasteiger partial charge in [-0.15, -0.1) is 0 Å². The molecule has 0 fully saturated rings. The minimum absolute atomic E-state index is 0.193. The van der Waals surface area contributed by atoms with Gasteiger partial charge in [0, 0.05) is 0 Å². The molecule has 2 N–H and O–H groups in total. The molecule has 2 amide bonds. The van der Waals surface area contributed by atoms with Crippen LogP contribution in [0, 0.1) is 13.8 Å². The number of carbonyl (C=O) groups is 2. The summed E-state index contributed by atoms with van der Waals surface area (Å²) in [6.07, 6.45) is 0. The number of hydrazine groups is 1. The summed E-state index contributed by atoms with van der Waals surface area (Å²) >= 11 is 0. The van der Waals surface area contributed by atoms with Crippen LogP contribution in [0.4, 0.5) is 0 Å². The van der Waals surface area contributed by atoms with Gasteiger partial charge in [0.2, 0.25) is 0 Å². The lowest BCUT2D eigenvalue weighted by Gasteiger charge is -2.11. The predicted molar refractivity (Wildman–Crippen MR) is 104 cm³/mol. The number of nitrogens with one attached hydrogen (secondary N) is 2. The van der Waals surface area contributed by atoms with Crippen molar-refractivity contribution in [1.82, 2.24) is 10.9 Å². The Bertz CT molecular complexity index is 785. The van der Waals surface area contributed by atoms with E-state index in [4.69, 9.17) is 9.47 Å². The molecule has 27 heavy (non-hydrogen) atoms. The Morgan fingerprint density at radius 2 is 1.48 bits per heavy atom. The zero-order valence-corrected chi connectivity index (χ0v) is 16.2. The van der Waals surface area contributed by atoms with Crippen LogP contribution in [0.25, 0.3) is 0 Å². The fraction of sp³-hybridized carbons (Fsp3) is 0.333. The third-order valence-electron chi connectivity index (χ3n) is 3.95. The molecule has 0 saturated heterocycles. The first kappa shape index (κ1) is 20.3. The van der Waals surface area contributed by atoms with Crippen LogP contribution in [0.5, 0.6) is 11.5 Å². The monoisotopic (exact) mass is 370 g/mol. The first-order chi connectivity index (χ1) is 12.8. The van der Waals surface area contributed by atoms with E-state index in [1.165, 1.54) is 5.56 Å². The van der Waals surface area contributed by atoms with Crippen LogP contribution in [-0.2, 0) is 9.59 Å². The number of amides is 2. The highest BCUT2D eigenvalue weighted by molar-refractivity contribution is 5.83. The Balaban J connectivity index is 1.69. The van der Waals surface area contributed by atoms with Crippen molar-refractivity contribution in [3.8, 4) is 11.5 Å². The Morgan fingerprint density at radius 3 is 2.04 bits per heavy atom. The molecular weight excluding hydrogens is 344 g/mol. The van der Waals surface area contributed by atoms with Gasteiger partial charge >= 0.3 is 0 Å². The highest BCUT2D eigenvalue weighted by Crippen LogP contribution is 2.19. The number of ether oxygens (including phenoxy) is 2. The molecule has 6 nitrogen and oxygen atoms in total. The molecule has 2 rings (SSSR count). The molecule has 0 aliphatic heterocycles. The van der Waals surface area contributed by atoms with Crippen LogP contribution in [0.3, 0.4) is 0 Å². The summed E-state index contributed by atoms with van der Waals surface area (Å²) in [5, 5.41) is 0. The van der Waals surface area contributed by atoms with E-state index >= 15 is 0 Å². The Kier molecular flexibility index (Phi) is 7.23. The summed E-state index contributed by atoms with van der Waals surface area (Å²) in [5.41, 5.74) is 7.86. The summed E-state index contributed by atoms with van der Waals surface area (Å²) in [5.74, 6) is 0.755. The second-order valence-electron chi connectivity index (χ2n) is 6.67. The largest absolute Gasteiger partial charge is 0.484 e. The van der Waals surface area contributed by atoms with E-state index in [9.17, 15) is 9.59 Å². The van der Waals surface area contributed by atoms with E-state index in [0.29, 0.717) is 17.4 Å². The molecule has 0 bridgehead atoms. The van der Waals surface area contributed by atoms with E-state index in [1.54, 1.807) is 0 Å². The minimum atomic E-state index is -0.456. The van der Waals surface area contributed by atoms with Gasteiger partial charge in [-0.2, -0.15) is 0 Å². The normalized spacial score (nSPS) is 10.4. The van der Waals surface area contributed by atoms with Gasteiger partial charge in [0.1, 0.15) is 11.5 Å². The van der Waals surface area contributed by atoms with Crippen LogP contribution >= 0.6 is 0 Å². The maximum Gasteiger partial charge on any atom is 0.276 e. The van der Waals surface area contributed by atoms with E-state index in [-0.39, 0.29) is 13.2 Å². The van der Waals surface area contributed by atoms with Crippen molar-refractivity contribution in [2.45, 2.75) is 33.6 Å². The van der Waals surface area contributed by atoms with E-state index < -0.39 is 11.8 Å². The van der Waals surface area contributed by atoms with Crippen LogP contribution in [-0.4, -0.2) is 25.0 Å². The van der Waals surface area contributed by atoms with E-state index in [1.807, 2.05) is 56.3 Å². The van der Waals surface area contributed by atoms with Crippen molar-refractivity contribution in [2.75, 3.05) is 13.2 Å². The average molecular weight is 370 g/mol. The molecular formula is C21H26N2O4. The third-order valence-corrected chi connectivity index (χ3v) is 3.95. The van der Waals surface area contributed by atoms with Crippen LogP contribution in [0.1, 0.15) is 36.5 Å². The van der Waals surface area contributed by atoms with E-state index in [0.717, 1.165) is 11.1 Å². The second-order valence-corrected chi connectivity index (χ2v) is 6.67. The molecule has 0 saturated carbocycles. The second kappa shape index (κ2) is 9.62. The van der Waals surface area contributed by atoms with Gasteiger partial charge in [0.05, 0.1) is 0 Å². The highest BCUT2D eigenvalue weighted by Gasteiger charge is 2.08. The zero-order chi connectivity index (χ0) is 19.8. The van der Waals surface area contributed by atoms with Crippen molar-refractivity contribution in [3.63, 3.8) is 0 Å². The smallest absolute Gasteiger partial charge is 0.276 e. The third kappa shape index (κ3) is 6.66. The number of hydrogen-bond acceptors (Lipinski definition) is 4. The number of aryl methyl sites for hydroxylation is 2. The van der Waals surface area contributed by atoms with Gasteiger partial charge in [0.25, 0.3) is 11.8 Å². The topological polar surface area (TPSA) is 76.7 Å². The standard InChI is InChI=1S/C21H26N2O4/c1-14(2)17-6-8-18(9-7-17)26-12-20(24)22-23-21(25)13-27-19-10-5-15(3)11-16(19)4/h5-11,14H,12-13H2,1-4H3,(H,22,24)(H,23,25). The minimum Gasteiger partial charge on any atom is -0.484 e. The lowest BCUT2D eigenvalue weighted by Crippen LogP contribution is -2.45. The van der Waals surface area contributed by atoms with Crippen LogP contribution < -0.4 is 20.3 Å². The molecule has 0 unspecified atom stereocenters. The number of rotatable bonds is 7. The fourth-order valence-corrected chi connectivity index (χ4v) is 2.41. The summed E-state index contributed by atoms with van der Waals surface area (Å²) in [4.78, 5) is 23.6. The van der Waals surface area contributed by atoms with Gasteiger partial charge < -0.3 is 9.47 Å². The molecule has 0 spiro atoms. The number of hydrogen-bond donors (Lipinski definition) is 2. The van der Waals surface area contributed by atoms with Crippen molar-refractivity contribution >= 4 is 11.8 Å². The molecule has 2 aromatic carbocycles. The molecule has 0 radical (unpaired) electrons. The molecule has 0 aromatic heterocycles. The van der Waals surface area contributed by atoms with Gasteiger partial charge in [-0.05, 0) is 49.1 Å².